The van der Waals surface area contributed by atoms with Gasteiger partial charge in [0.15, 0.2) is 0 Å². The number of nitrogens with one attached hydrogen (secondary N) is 2. The van der Waals surface area contributed by atoms with Crippen molar-refractivity contribution in [1.29, 1.82) is 5.26 Å². The number of methoxy groups -OCH3 is 1. The van der Waals surface area contributed by atoms with Gasteiger partial charge in [-0.05, 0) is 41.7 Å². The van der Waals surface area contributed by atoms with Crippen LogP contribution in [0.2, 0.25) is 0 Å². The molecule has 0 saturated heterocycles. The van der Waals surface area contributed by atoms with Gasteiger partial charge in [-0.2, -0.15) is 5.26 Å². The van der Waals surface area contributed by atoms with E-state index < -0.39 is 5.91 Å². The molecule has 146 valence electrons. The maximum absolute atomic E-state index is 12.5. The van der Waals surface area contributed by atoms with Gasteiger partial charge >= 0.3 is 0 Å². The summed E-state index contributed by atoms with van der Waals surface area (Å²) in [6.07, 6.45) is 1.46. The van der Waals surface area contributed by atoms with E-state index in [9.17, 15) is 10.1 Å². The molecule has 5 nitrogen and oxygen atoms in total. The molecule has 0 heterocycles. The Hall–Kier alpha value is -3.26. The van der Waals surface area contributed by atoms with Crippen LogP contribution in [0.3, 0.4) is 0 Å². The maximum Gasteiger partial charge on any atom is 0.263 e. The number of carbonyl (C=O) groups excluding carboxylic acids is 1. The molecule has 2 aromatic rings. The molecule has 1 atom stereocenters. The van der Waals surface area contributed by atoms with Crippen LogP contribution in [0.25, 0.3) is 0 Å². The number of amides is 1. The Balaban J connectivity index is 2.12. The van der Waals surface area contributed by atoms with Crippen molar-refractivity contribution >= 4 is 11.6 Å². The van der Waals surface area contributed by atoms with Gasteiger partial charge in [0.2, 0.25) is 0 Å². The summed E-state index contributed by atoms with van der Waals surface area (Å²) in [6.45, 7) is 8.22. The molecule has 1 unspecified atom stereocenters. The van der Waals surface area contributed by atoms with Gasteiger partial charge in [-0.1, -0.05) is 51.1 Å². The average Bonchev–Trinajstić information content (AvgIpc) is 2.68. The number of benzene rings is 2. The highest BCUT2D eigenvalue weighted by molar-refractivity contribution is 5.97. The zero-order valence-electron chi connectivity index (χ0n) is 17.0. The van der Waals surface area contributed by atoms with Gasteiger partial charge in [0, 0.05) is 11.9 Å². The standard InChI is InChI=1S/C23H27N3O2/c1-16(17-10-12-19(28-5)13-11-17)26-22(27)18(14-24)15-25-21-9-7-6-8-20(21)23(2,3)4/h6-13,15-16,25H,1-5H3,(H,26,27)/b18-15-. The first-order valence-corrected chi connectivity index (χ1v) is 9.17. The SMILES string of the molecule is COc1ccc(C(C)NC(=O)/C(C#N)=C\Nc2ccccc2C(C)(C)C)cc1. The lowest BCUT2D eigenvalue weighted by Gasteiger charge is -2.22. The van der Waals surface area contributed by atoms with Crippen molar-refractivity contribution in [2.45, 2.75) is 39.2 Å². The number of rotatable bonds is 6. The summed E-state index contributed by atoms with van der Waals surface area (Å²) >= 11 is 0. The molecule has 0 spiro atoms. The van der Waals surface area contributed by atoms with E-state index in [1.165, 1.54) is 6.20 Å². The Kier molecular flexibility index (Phi) is 6.84. The van der Waals surface area contributed by atoms with Gasteiger partial charge in [-0.15, -0.1) is 0 Å². The van der Waals surface area contributed by atoms with Crippen LogP contribution in [0.4, 0.5) is 5.69 Å². The summed E-state index contributed by atoms with van der Waals surface area (Å²) in [5.74, 6) is 0.327. The molecular weight excluding hydrogens is 350 g/mol. The lowest BCUT2D eigenvalue weighted by Crippen LogP contribution is -2.28. The molecule has 0 fully saturated rings. The van der Waals surface area contributed by atoms with E-state index in [4.69, 9.17) is 4.74 Å². The quantitative estimate of drug-likeness (QED) is 0.566. The van der Waals surface area contributed by atoms with Gasteiger partial charge in [0.1, 0.15) is 17.4 Å². The summed E-state index contributed by atoms with van der Waals surface area (Å²) in [4.78, 5) is 12.5. The molecule has 0 bridgehead atoms. The average molecular weight is 377 g/mol. The fourth-order valence-electron chi connectivity index (χ4n) is 2.81. The zero-order chi connectivity index (χ0) is 20.7. The number of nitriles is 1. The lowest BCUT2D eigenvalue weighted by atomic mass is 9.86. The predicted octanol–water partition coefficient (Wildman–Crippen LogP) is 4.69. The Morgan fingerprint density at radius 1 is 1.14 bits per heavy atom. The second-order valence-electron chi connectivity index (χ2n) is 7.58. The third kappa shape index (κ3) is 5.37. The highest BCUT2D eigenvalue weighted by atomic mass is 16.5. The van der Waals surface area contributed by atoms with E-state index in [0.717, 1.165) is 22.6 Å². The third-order valence-electron chi connectivity index (χ3n) is 4.44. The van der Waals surface area contributed by atoms with E-state index in [1.807, 2.05) is 61.5 Å². The topological polar surface area (TPSA) is 74.1 Å². The maximum atomic E-state index is 12.5. The summed E-state index contributed by atoms with van der Waals surface area (Å²) < 4.78 is 5.15. The van der Waals surface area contributed by atoms with Gasteiger partial charge < -0.3 is 15.4 Å². The van der Waals surface area contributed by atoms with Crippen molar-refractivity contribution in [3.05, 3.63) is 71.4 Å². The fraction of sp³-hybridized carbons (Fsp3) is 0.304. The summed E-state index contributed by atoms with van der Waals surface area (Å²) in [6, 6.07) is 17.0. The number of anilines is 1. The highest BCUT2D eigenvalue weighted by Gasteiger charge is 2.18. The largest absolute Gasteiger partial charge is 0.497 e. The number of hydrogen-bond donors (Lipinski definition) is 2. The number of hydrogen-bond acceptors (Lipinski definition) is 4. The second-order valence-corrected chi connectivity index (χ2v) is 7.58. The number of ether oxygens (including phenoxy) is 1. The van der Waals surface area contributed by atoms with E-state index >= 15 is 0 Å². The minimum absolute atomic E-state index is 0.0177. The van der Waals surface area contributed by atoms with Crippen molar-refractivity contribution < 1.29 is 9.53 Å². The monoisotopic (exact) mass is 377 g/mol. The van der Waals surface area contributed by atoms with Crippen LogP contribution in [0.1, 0.15) is 44.9 Å². The minimum Gasteiger partial charge on any atom is -0.497 e. The van der Waals surface area contributed by atoms with Gasteiger partial charge in [0.25, 0.3) is 5.91 Å². The van der Waals surface area contributed by atoms with E-state index in [0.29, 0.717) is 0 Å². The molecule has 2 N–H and O–H groups in total. The Morgan fingerprint density at radius 3 is 2.36 bits per heavy atom. The van der Waals surface area contributed by atoms with Crippen molar-refractivity contribution in [2.24, 2.45) is 0 Å². The molecule has 0 aromatic heterocycles. The first-order chi connectivity index (χ1) is 13.3. The highest BCUT2D eigenvalue weighted by Crippen LogP contribution is 2.29. The Bertz CT molecular complexity index is 887. The smallest absolute Gasteiger partial charge is 0.263 e. The van der Waals surface area contributed by atoms with Crippen LogP contribution in [-0.4, -0.2) is 13.0 Å². The molecule has 0 aliphatic carbocycles. The predicted molar refractivity (Wildman–Crippen MR) is 112 cm³/mol. The minimum atomic E-state index is -0.424. The van der Waals surface area contributed by atoms with Crippen molar-refractivity contribution in [1.82, 2.24) is 5.32 Å². The normalized spacial score (nSPS) is 12.6. The van der Waals surface area contributed by atoms with Crippen molar-refractivity contribution in [3.63, 3.8) is 0 Å². The van der Waals surface area contributed by atoms with Crippen LogP contribution in [0, 0.1) is 11.3 Å². The van der Waals surface area contributed by atoms with E-state index in [-0.39, 0.29) is 17.0 Å². The first kappa shape index (κ1) is 21.0. The van der Waals surface area contributed by atoms with Crippen LogP contribution in [-0.2, 0) is 10.2 Å². The summed E-state index contributed by atoms with van der Waals surface area (Å²) in [5.41, 5.74) is 2.87. The molecule has 0 radical (unpaired) electrons. The van der Waals surface area contributed by atoms with E-state index in [1.54, 1.807) is 7.11 Å². The molecule has 0 saturated carbocycles. The molecule has 2 aromatic carbocycles. The molecular formula is C23H27N3O2. The molecule has 0 aliphatic rings. The van der Waals surface area contributed by atoms with Gasteiger partial charge in [-0.25, -0.2) is 0 Å². The molecule has 1 amide bonds. The number of carbonyl (C=O) groups is 1. The van der Waals surface area contributed by atoms with Gasteiger partial charge in [0.05, 0.1) is 13.2 Å². The van der Waals surface area contributed by atoms with Crippen LogP contribution < -0.4 is 15.4 Å². The molecule has 5 heteroatoms. The van der Waals surface area contributed by atoms with Crippen LogP contribution in [0.15, 0.2) is 60.3 Å². The Morgan fingerprint density at radius 2 is 1.79 bits per heavy atom. The number of para-hydroxylation sites is 1. The fourth-order valence-corrected chi connectivity index (χ4v) is 2.81. The van der Waals surface area contributed by atoms with Crippen LogP contribution >= 0.6 is 0 Å². The van der Waals surface area contributed by atoms with Gasteiger partial charge in [-0.3, -0.25) is 4.79 Å². The summed E-state index contributed by atoms with van der Waals surface area (Å²) in [5, 5.41) is 15.4. The second kappa shape index (κ2) is 9.09. The van der Waals surface area contributed by atoms with E-state index in [2.05, 4.69) is 31.4 Å². The number of nitrogens with zero attached hydrogens (tertiary/aromatic N) is 1. The third-order valence-corrected chi connectivity index (χ3v) is 4.44. The molecule has 0 aliphatic heterocycles. The molecule has 28 heavy (non-hydrogen) atoms. The van der Waals surface area contributed by atoms with Crippen molar-refractivity contribution in [3.8, 4) is 11.8 Å². The Labute approximate surface area is 167 Å². The lowest BCUT2D eigenvalue weighted by molar-refractivity contribution is -0.117. The molecule has 2 rings (SSSR count). The first-order valence-electron chi connectivity index (χ1n) is 9.17. The van der Waals surface area contributed by atoms with Crippen LogP contribution in [0.5, 0.6) is 5.75 Å². The zero-order valence-corrected chi connectivity index (χ0v) is 17.0. The summed E-state index contributed by atoms with van der Waals surface area (Å²) in [7, 11) is 1.61. The van der Waals surface area contributed by atoms with Crippen molar-refractivity contribution in [2.75, 3.05) is 12.4 Å².